The lowest BCUT2D eigenvalue weighted by atomic mass is 10.1. The van der Waals surface area contributed by atoms with Gasteiger partial charge in [0.05, 0.1) is 15.5 Å². The highest BCUT2D eigenvalue weighted by Crippen LogP contribution is 2.34. The van der Waals surface area contributed by atoms with E-state index in [0.717, 1.165) is 22.1 Å². The standard InChI is InChI=1S/C17H12N2O3S/c20-17(16-9-12-3-1-2-4-15(12)23-16)18-8-7-11-5-6-13(19(21)22)10-14(11)18/h1-6,9-10H,7-8H2. The molecule has 0 fully saturated rings. The monoisotopic (exact) mass is 324 g/mol. The molecule has 3 aromatic rings. The lowest BCUT2D eigenvalue weighted by Crippen LogP contribution is -2.28. The van der Waals surface area contributed by atoms with Gasteiger partial charge < -0.3 is 4.90 Å². The number of thiophene rings is 1. The fraction of sp³-hybridized carbons (Fsp3) is 0.118. The molecule has 114 valence electrons. The molecule has 1 aliphatic rings. The zero-order chi connectivity index (χ0) is 16.0. The zero-order valence-corrected chi connectivity index (χ0v) is 12.9. The summed E-state index contributed by atoms with van der Waals surface area (Å²) in [5.41, 5.74) is 1.64. The van der Waals surface area contributed by atoms with Crippen molar-refractivity contribution in [1.29, 1.82) is 0 Å². The first-order valence-electron chi connectivity index (χ1n) is 7.21. The Kier molecular flexibility index (Phi) is 3.12. The van der Waals surface area contributed by atoms with Gasteiger partial charge in [-0.2, -0.15) is 0 Å². The van der Waals surface area contributed by atoms with Gasteiger partial charge >= 0.3 is 0 Å². The van der Waals surface area contributed by atoms with Crippen molar-refractivity contribution in [2.45, 2.75) is 6.42 Å². The van der Waals surface area contributed by atoms with E-state index in [1.54, 1.807) is 11.0 Å². The van der Waals surface area contributed by atoms with Crippen molar-refractivity contribution < 1.29 is 9.72 Å². The minimum Gasteiger partial charge on any atom is -0.307 e. The summed E-state index contributed by atoms with van der Waals surface area (Å²) in [6.45, 7) is 0.559. The number of hydrogen-bond acceptors (Lipinski definition) is 4. The predicted molar refractivity (Wildman–Crippen MR) is 90.3 cm³/mol. The maximum atomic E-state index is 12.8. The van der Waals surface area contributed by atoms with Crippen LogP contribution < -0.4 is 4.90 Å². The van der Waals surface area contributed by atoms with Crippen LogP contribution in [0.4, 0.5) is 11.4 Å². The molecule has 2 aromatic carbocycles. The first-order chi connectivity index (χ1) is 11.1. The summed E-state index contributed by atoms with van der Waals surface area (Å²) in [7, 11) is 0. The number of carbonyl (C=O) groups excluding carboxylic acids is 1. The minimum absolute atomic E-state index is 0.0137. The quantitative estimate of drug-likeness (QED) is 0.528. The number of hydrogen-bond donors (Lipinski definition) is 0. The molecular formula is C17H12N2O3S. The van der Waals surface area contributed by atoms with Crippen LogP contribution in [0.15, 0.2) is 48.5 Å². The fourth-order valence-corrected chi connectivity index (χ4v) is 3.92. The molecule has 23 heavy (non-hydrogen) atoms. The van der Waals surface area contributed by atoms with Crippen LogP contribution in [0, 0.1) is 10.1 Å². The molecule has 0 atom stereocenters. The van der Waals surface area contributed by atoms with E-state index >= 15 is 0 Å². The average molecular weight is 324 g/mol. The van der Waals surface area contributed by atoms with Gasteiger partial charge in [-0.3, -0.25) is 14.9 Å². The Morgan fingerprint density at radius 2 is 2.00 bits per heavy atom. The number of amides is 1. The SMILES string of the molecule is O=C(c1cc2ccccc2s1)N1CCc2ccc([N+](=O)[O-])cc21. The second-order valence-corrected chi connectivity index (χ2v) is 6.51. The molecule has 0 unspecified atom stereocenters. The molecule has 1 amide bonds. The van der Waals surface area contributed by atoms with E-state index in [0.29, 0.717) is 17.1 Å². The van der Waals surface area contributed by atoms with Crippen LogP contribution in [0.5, 0.6) is 0 Å². The molecule has 1 aliphatic heterocycles. The highest BCUT2D eigenvalue weighted by atomic mass is 32.1. The minimum atomic E-state index is -0.430. The third-order valence-corrected chi connectivity index (χ3v) is 5.16. The van der Waals surface area contributed by atoms with Crippen molar-refractivity contribution in [3.05, 3.63) is 69.1 Å². The number of non-ortho nitro benzene ring substituents is 1. The van der Waals surface area contributed by atoms with Gasteiger partial charge in [0.2, 0.25) is 0 Å². The van der Waals surface area contributed by atoms with Crippen LogP contribution in [0.3, 0.4) is 0 Å². The zero-order valence-electron chi connectivity index (χ0n) is 12.1. The average Bonchev–Trinajstić information content (AvgIpc) is 3.17. The first kappa shape index (κ1) is 13.9. The predicted octanol–water partition coefficient (Wildman–Crippen LogP) is 4.01. The van der Waals surface area contributed by atoms with E-state index in [-0.39, 0.29) is 11.6 Å². The molecule has 6 heteroatoms. The van der Waals surface area contributed by atoms with Gasteiger partial charge in [0.1, 0.15) is 0 Å². The van der Waals surface area contributed by atoms with Gasteiger partial charge in [-0.15, -0.1) is 11.3 Å². The smallest absolute Gasteiger partial charge is 0.271 e. The third kappa shape index (κ3) is 2.27. The summed E-state index contributed by atoms with van der Waals surface area (Å²) in [6.07, 6.45) is 0.726. The Morgan fingerprint density at radius 3 is 2.78 bits per heavy atom. The fourth-order valence-electron chi connectivity index (χ4n) is 2.91. The van der Waals surface area contributed by atoms with E-state index < -0.39 is 4.92 Å². The summed E-state index contributed by atoms with van der Waals surface area (Å²) >= 11 is 1.45. The van der Waals surface area contributed by atoms with E-state index in [4.69, 9.17) is 0 Å². The number of nitro groups is 1. The summed E-state index contributed by atoms with van der Waals surface area (Å²) in [6, 6.07) is 14.5. The summed E-state index contributed by atoms with van der Waals surface area (Å²) < 4.78 is 1.06. The molecule has 0 radical (unpaired) electrons. The number of nitrogens with zero attached hydrogens (tertiary/aromatic N) is 2. The lowest BCUT2D eigenvalue weighted by Gasteiger charge is -2.16. The second-order valence-electron chi connectivity index (χ2n) is 5.43. The molecule has 0 aliphatic carbocycles. The van der Waals surface area contributed by atoms with E-state index in [1.165, 1.54) is 23.5 Å². The molecule has 0 N–H and O–H groups in total. The van der Waals surface area contributed by atoms with E-state index in [1.807, 2.05) is 30.3 Å². The lowest BCUT2D eigenvalue weighted by molar-refractivity contribution is -0.384. The van der Waals surface area contributed by atoms with E-state index in [2.05, 4.69) is 0 Å². The van der Waals surface area contributed by atoms with Gasteiger partial charge in [-0.05, 0) is 29.5 Å². The van der Waals surface area contributed by atoms with Crippen molar-refractivity contribution in [2.24, 2.45) is 0 Å². The number of nitro benzene ring substituents is 1. The normalized spacial score (nSPS) is 13.3. The molecule has 0 bridgehead atoms. The molecule has 4 rings (SSSR count). The Bertz CT molecular complexity index is 915. The van der Waals surface area contributed by atoms with Gasteiger partial charge in [0, 0.05) is 23.4 Å². The van der Waals surface area contributed by atoms with E-state index in [9.17, 15) is 14.9 Å². The van der Waals surface area contributed by atoms with Crippen LogP contribution >= 0.6 is 11.3 Å². The highest BCUT2D eigenvalue weighted by Gasteiger charge is 2.28. The van der Waals surface area contributed by atoms with Gasteiger partial charge in [-0.25, -0.2) is 0 Å². The highest BCUT2D eigenvalue weighted by molar-refractivity contribution is 7.20. The Hall–Kier alpha value is -2.73. The van der Waals surface area contributed by atoms with Crippen molar-refractivity contribution >= 4 is 38.7 Å². The summed E-state index contributed by atoms with van der Waals surface area (Å²) in [5.74, 6) is -0.0922. The van der Waals surface area contributed by atoms with Gasteiger partial charge in [-0.1, -0.05) is 24.3 Å². The van der Waals surface area contributed by atoms with Crippen molar-refractivity contribution in [1.82, 2.24) is 0 Å². The topological polar surface area (TPSA) is 63.5 Å². The van der Waals surface area contributed by atoms with Crippen molar-refractivity contribution in [3.63, 3.8) is 0 Å². The Morgan fingerprint density at radius 1 is 1.17 bits per heavy atom. The molecule has 0 saturated carbocycles. The maximum Gasteiger partial charge on any atom is 0.271 e. The molecule has 0 spiro atoms. The third-order valence-electron chi connectivity index (χ3n) is 4.06. The Labute approximate surface area is 135 Å². The summed E-state index contributed by atoms with van der Waals surface area (Å²) in [5, 5.41) is 12.0. The van der Waals surface area contributed by atoms with Crippen LogP contribution in [0.25, 0.3) is 10.1 Å². The van der Waals surface area contributed by atoms with Crippen molar-refractivity contribution in [2.75, 3.05) is 11.4 Å². The number of carbonyl (C=O) groups is 1. The molecule has 0 saturated heterocycles. The van der Waals surface area contributed by atoms with Crippen LogP contribution in [0.1, 0.15) is 15.2 Å². The van der Waals surface area contributed by atoms with Crippen molar-refractivity contribution in [3.8, 4) is 0 Å². The van der Waals surface area contributed by atoms with Gasteiger partial charge in [0.15, 0.2) is 0 Å². The largest absolute Gasteiger partial charge is 0.307 e. The van der Waals surface area contributed by atoms with Crippen LogP contribution in [-0.2, 0) is 6.42 Å². The first-order valence-corrected chi connectivity index (χ1v) is 8.03. The second kappa shape index (κ2) is 5.17. The Balaban J connectivity index is 1.73. The molecule has 2 heterocycles. The number of fused-ring (bicyclic) bond motifs is 2. The van der Waals surface area contributed by atoms with Gasteiger partial charge in [0.25, 0.3) is 11.6 Å². The maximum absolute atomic E-state index is 12.8. The molecule has 1 aromatic heterocycles. The number of anilines is 1. The molecule has 5 nitrogen and oxygen atoms in total. The number of benzene rings is 2. The molecular weight excluding hydrogens is 312 g/mol. The summed E-state index contributed by atoms with van der Waals surface area (Å²) in [4.78, 5) is 25.7. The number of rotatable bonds is 2. The van der Waals surface area contributed by atoms with Crippen LogP contribution in [-0.4, -0.2) is 17.4 Å². The van der Waals surface area contributed by atoms with Crippen LogP contribution in [0.2, 0.25) is 0 Å².